The molecule has 0 atom stereocenters. The zero-order chi connectivity index (χ0) is 14.5. The van der Waals surface area contributed by atoms with Crippen LogP contribution < -0.4 is 10.5 Å². The van der Waals surface area contributed by atoms with E-state index in [1.807, 2.05) is 12.1 Å². The quantitative estimate of drug-likeness (QED) is 0.908. The molecule has 0 saturated heterocycles. The van der Waals surface area contributed by atoms with E-state index in [0.717, 1.165) is 29.0 Å². The maximum absolute atomic E-state index is 5.72. The van der Waals surface area contributed by atoms with Gasteiger partial charge in [0.05, 0.1) is 7.11 Å². The van der Waals surface area contributed by atoms with Crippen LogP contribution in [0.3, 0.4) is 0 Å². The van der Waals surface area contributed by atoms with Crippen molar-refractivity contribution >= 4 is 0 Å². The molecular weight excluding hydrogens is 248 g/mol. The van der Waals surface area contributed by atoms with Crippen LogP contribution in [0.2, 0.25) is 0 Å². The van der Waals surface area contributed by atoms with Gasteiger partial charge in [0.15, 0.2) is 0 Å². The van der Waals surface area contributed by atoms with Crippen molar-refractivity contribution in [3.05, 3.63) is 53.6 Å². The monoisotopic (exact) mass is 270 g/mol. The fourth-order valence-corrected chi connectivity index (χ4v) is 2.26. The molecule has 2 aromatic rings. The van der Waals surface area contributed by atoms with Crippen LogP contribution >= 0.6 is 0 Å². The SMILES string of the molecule is COc1ccc(CN)cc1-c1ccc(CN(C)C)cc1. The van der Waals surface area contributed by atoms with E-state index in [1.165, 1.54) is 5.56 Å². The Morgan fingerprint density at radius 3 is 2.20 bits per heavy atom. The lowest BCUT2D eigenvalue weighted by Crippen LogP contribution is -2.10. The molecule has 0 aliphatic heterocycles. The summed E-state index contributed by atoms with van der Waals surface area (Å²) in [5.74, 6) is 0.877. The van der Waals surface area contributed by atoms with Crippen molar-refractivity contribution < 1.29 is 4.74 Å². The van der Waals surface area contributed by atoms with Crippen LogP contribution in [0.25, 0.3) is 11.1 Å². The first-order chi connectivity index (χ1) is 9.63. The van der Waals surface area contributed by atoms with Crippen molar-refractivity contribution in [2.45, 2.75) is 13.1 Å². The van der Waals surface area contributed by atoms with E-state index in [2.05, 4.69) is 49.3 Å². The molecule has 2 aromatic carbocycles. The van der Waals surface area contributed by atoms with Crippen LogP contribution in [0.15, 0.2) is 42.5 Å². The molecule has 0 fully saturated rings. The number of hydrogen-bond acceptors (Lipinski definition) is 3. The van der Waals surface area contributed by atoms with E-state index in [-0.39, 0.29) is 0 Å². The first-order valence-electron chi connectivity index (χ1n) is 6.75. The Labute approximate surface area is 121 Å². The average Bonchev–Trinajstić information content (AvgIpc) is 2.46. The molecule has 0 aliphatic rings. The largest absolute Gasteiger partial charge is 0.496 e. The van der Waals surface area contributed by atoms with Crippen molar-refractivity contribution in [2.24, 2.45) is 5.73 Å². The fourth-order valence-electron chi connectivity index (χ4n) is 2.26. The van der Waals surface area contributed by atoms with E-state index in [0.29, 0.717) is 6.54 Å². The summed E-state index contributed by atoms with van der Waals surface area (Å²) < 4.78 is 5.44. The van der Waals surface area contributed by atoms with Crippen molar-refractivity contribution in [3.8, 4) is 16.9 Å². The molecule has 0 spiro atoms. The van der Waals surface area contributed by atoms with Crippen LogP contribution in [0.4, 0.5) is 0 Å². The summed E-state index contributed by atoms with van der Waals surface area (Å²) in [5.41, 5.74) is 10.4. The molecule has 2 N–H and O–H groups in total. The van der Waals surface area contributed by atoms with Gasteiger partial charge in [-0.1, -0.05) is 30.3 Å². The molecule has 0 heterocycles. The summed E-state index contributed by atoms with van der Waals surface area (Å²) in [7, 11) is 5.84. The summed E-state index contributed by atoms with van der Waals surface area (Å²) in [6, 6.07) is 14.7. The third-order valence-corrected chi connectivity index (χ3v) is 3.26. The lowest BCUT2D eigenvalue weighted by atomic mass is 10.0. The normalized spacial score (nSPS) is 10.8. The average molecular weight is 270 g/mol. The van der Waals surface area contributed by atoms with Crippen molar-refractivity contribution in [1.82, 2.24) is 4.90 Å². The van der Waals surface area contributed by atoms with Crippen molar-refractivity contribution in [1.29, 1.82) is 0 Å². The molecule has 0 amide bonds. The van der Waals surface area contributed by atoms with Crippen molar-refractivity contribution in [2.75, 3.05) is 21.2 Å². The molecular formula is C17H22N2O. The van der Waals surface area contributed by atoms with E-state index in [4.69, 9.17) is 10.5 Å². The van der Waals surface area contributed by atoms with Gasteiger partial charge >= 0.3 is 0 Å². The van der Waals surface area contributed by atoms with Gasteiger partial charge in [-0.05, 0) is 42.9 Å². The Balaban J connectivity index is 2.35. The zero-order valence-corrected chi connectivity index (χ0v) is 12.4. The summed E-state index contributed by atoms with van der Waals surface area (Å²) in [5, 5.41) is 0. The van der Waals surface area contributed by atoms with Gasteiger partial charge in [0, 0.05) is 18.7 Å². The Bertz CT molecular complexity index is 562. The molecule has 0 bridgehead atoms. The van der Waals surface area contributed by atoms with Crippen LogP contribution in [-0.2, 0) is 13.1 Å². The highest BCUT2D eigenvalue weighted by Gasteiger charge is 2.07. The predicted molar refractivity (Wildman–Crippen MR) is 83.7 cm³/mol. The first-order valence-corrected chi connectivity index (χ1v) is 6.75. The van der Waals surface area contributed by atoms with Gasteiger partial charge in [-0.25, -0.2) is 0 Å². The van der Waals surface area contributed by atoms with Crippen LogP contribution in [-0.4, -0.2) is 26.1 Å². The van der Waals surface area contributed by atoms with Crippen LogP contribution in [0.5, 0.6) is 5.75 Å². The Morgan fingerprint density at radius 2 is 1.65 bits per heavy atom. The second-order valence-corrected chi connectivity index (χ2v) is 5.17. The van der Waals surface area contributed by atoms with E-state index >= 15 is 0 Å². The van der Waals surface area contributed by atoms with Crippen LogP contribution in [0, 0.1) is 0 Å². The molecule has 3 heteroatoms. The Hall–Kier alpha value is -1.84. The highest BCUT2D eigenvalue weighted by molar-refractivity contribution is 5.71. The molecule has 0 saturated carbocycles. The second kappa shape index (κ2) is 6.55. The maximum atomic E-state index is 5.72. The van der Waals surface area contributed by atoms with E-state index < -0.39 is 0 Å². The van der Waals surface area contributed by atoms with Crippen molar-refractivity contribution in [3.63, 3.8) is 0 Å². The molecule has 2 rings (SSSR count). The highest BCUT2D eigenvalue weighted by atomic mass is 16.5. The second-order valence-electron chi connectivity index (χ2n) is 5.17. The molecule has 0 aliphatic carbocycles. The van der Waals surface area contributed by atoms with Gasteiger partial charge in [-0.15, -0.1) is 0 Å². The number of hydrogen-bond donors (Lipinski definition) is 1. The topological polar surface area (TPSA) is 38.5 Å². The number of rotatable bonds is 5. The smallest absolute Gasteiger partial charge is 0.126 e. The molecule has 20 heavy (non-hydrogen) atoms. The summed E-state index contributed by atoms with van der Waals surface area (Å²) in [6.07, 6.45) is 0. The zero-order valence-electron chi connectivity index (χ0n) is 12.4. The molecule has 0 radical (unpaired) electrons. The molecule has 3 nitrogen and oxygen atoms in total. The molecule has 0 aromatic heterocycles. The van der Waals surface area contributed by atoms with Gasteiger partial charge in [0.1, 0.15) is 5.75 Å². The Kier molecular flexibility index (Phi) is 4.77. The minimum Gasteiger partial charge on any atom is -0.496 e. The summed E-state index contributed by atoms with van der Waals surface area (Å²) in [6.45, 7) is 1.48. The number of benzene rings is 2. The van der Waals surface area contributed by atoms with E-state index in [1.54, 1.807) is 7.11 Å². The van der Waals surface area contributed by atoms with Gasteiger partial charge in [-0.3, -0.25) is 0 Å². The minimum atomic E-state index is 0.537. The van der Waals surface area contributed by atoms with E-state index in [9.17, 15) is 0 Å². The third-order valence-electron chi connectivity index (χ3n) is 3.26. The number of nitrogens with two attached hydrogens (primary N) is 1. The summed E-state index contributed by atoms with van der Waals surface area (Å²) in [4.78, 5) is 2.16. The lowest BCUT2D eigenvalue weighted by Gasteiger charge is -2.13. The van der Waals surface area contributed by atoms with Gasteiger partial charge in [0.25, 0.3) is 0 Å². The summed E-state index contributed by atoms with van der Waals surface area (Å²) >= 11 is 0. The van der Waals surface area contributed by atoms with Gasteiger partial charge in [-0.2, -0.15) is 0 Å². The minimum absolute atomic E-state index is 0.537. The standard InChI is InChI=1S/C17H22N2O/c1-19(2)12-13-4-7-15(8-5-13)16-10-14(11-18)6-9-17(16)20-3/h4-10H,11-12,18H2,1-3H3. The maximum Gasteiger partial charge on any atom is 0.126 e. The first kappa shape index (κ1) is 14.6. The fraction of sp³-hybridized carbons (Fsp3) is 0.294. The van der Waals surface area contributed by atoms with Crippen LogP contribution in [0.1, 0.15) is 11.1 Å². The Morgan fingerprint density at radius 1 is 1.00 bits per heavy atom. The predicted octanol–water partition coefficient (Wildman–Crippen LogP) is 2.88. The van der Waals surface area contributed by atoms with Gasteiger partial charge in [0.2, 0.25) is 0 Å². The lowest BCUT2D eigenvalue weighted by molar-refractivity contribution is 0.402. The number of ether oxygens (including phenoxy) is 1. The number of nitrogens with zero attached hydrogens (tertiary/aromatic N) is 1. The van der Waals surface area contributed by atoms with Gasteiger partial charge < -0.3 is 15.4 Å². The molecule has 106 valence electrons. The molecule has 0 unspecified atom stereocenters. The third kappa shape index (κ3) is 3.38. The highest BCUT2D eigenvalue weighted by Crippen LogP contribution is 2.31. The number of methoxy groups -OCH3 is 1.